The first-order chi connectivity index (χ1) is 7.10. The predicted molar refractivity (Wildman–Crippen MR) is 63.3 cm³/mol. The minimum Gasteiger partial charge on any atom is -0.334 e. The molecule has 0 aliphatic heterocycles. The molecule has 0 aromatic carbocycles. The Bertz CT molecular complexity index is 310. The summed E-state index contributed by atoms with van der Waals surface area (Å²) < 4.78 is 0. The zero-order valence-electron chi connectivity index (χ0n) is 10.3. The van der Waals surface area contributed by atoms with Crippen LogP contribution in [0.4, 0.5) is 4.79 Å². The molecule has 0 aromatic rings. The molecule has 16 heavy (non-hydrogen) atoms. The van der Waals surface area contributed by atoms with Crippen LogP contribution in [0.15, 0.2) is 0 Å². The van der Waals surface area contributed by atoms with Gasteiger partial charge in [0.2, 0.25) is 5.91 Å². The van der Waals surface area contributed by atoms with Gasteiger partial charge in [0.1, 0.15) is 5.38 Å². The predicted octanol–water partition coefficient (Wildman–Crippen LogP) is 1.87. The van der Waals surface area contributed by atoms with E-state index in [1.165, 1.54) is 6.92 Å². The molecule has 1 unspecified atom stereocenters. The summed E-state index contributed by atoms with van der Waals surface area (Å²) in [7, 11) is 0. The number of alkyl halides is 1. The fourth-order valence-corrected chi connectivity index (χ4v) is 1.99. The second kappa shape index (κ2) is 3.91. The van der Waals surface area contributed by atoms with Gasteiger partial charge in [-0.1, -0.05) is 27.7 Å². The van der Waals surface area contributed by atoms with Crippen molar-refractivity contribution in [2.24, 2.45) is 10.8 Å². The highest BCUT2D eigenvalue weighted by Gasteiger charge is 2.65. The summed E-state index contributed by atoms with van der Waals surface area (Å²) in [6.45, 7) is 9.87. The van der Waals surface area contributed by atoms with E-state index in [2.05, 4.69) is 38.3 Å². The fraction of sp³-hybridized carbons (Fsp3) is 0.818. The fourth-order valence-electron chi connectivity index (χ4n) is 1.94. The molecule has 1 fully saturated rings. The number of amides is 3. The van der Waals surface area contributed by atoms with Gasteiger partial charge in [-0.3, -0.25) is 10.1 Å². The van der Waals surface area contributed by atoms with E-state index in [0.29, 0.717) is 0 Å². The minimum absolute atomic E-state index is 0.0555. The van der Waals surface area contributed by atoms with E-state index in [-0.39, 0.29) is 16.9 Å². The van der Waals surface area contributed by atoms with Gasteiger partial charge in [0.05, 0.1) is 0 Å². The van der Waals surface area contributed by atoms with Crippen molar-refractivity contribution in [1.82, 2.24) is 10.6 Å². The first kappa shape index (κ1) is 13.3. The van der Waals surface area contributed by atoms with Crippen molar-refractivity contribution in [2.75, 3.05) is 0 Å². The Morgan fingerprint density at radius 3 is 1.94 bits per heavy atom. The van der Waals surface area contributed by atoms with Crippen LogP contribution in [-0.4, -0.2) is 23.4 Å². The van der Waals surface area contributed by atoms with Crippen LogP contribution in [0.3, 0.4) is 0 Å². The summed E-state index contributed by atoms with van der Waals surface area (Å²) in [5, 5.41) is 4.29. The number of hydrogen-bond donors (Lipinski definition) is 2. The third-order valence-corrected chi connectivity index (χ3v) is 4.09. The molecule has 1 saturated carbocycles. The smallest absolute Gasteiger partial charge is 0.321 e. The van der Waals surface area contributed by atoms with Crippen molar-refractivity contribution in [1.29, 1.82) is 0 Å². The molecule has 1 aliphatic carbocycles. The normalized spacial score (nSPS) is 23.4. The Balaban J connectivity index is 2.47. The lowest BCUT2D eigenvalue weighted by Crippen LogP contribution is -2.44. The van der Waals surface area contributed by atoms with E-state index in [9.17, 15) is 9.59 Å². The number of carbonyl (C=O) groups excluding carboxylic acids is 2. The minimum atomic E-state index is -0.703. The maximum absolute atomic E-state index is 11.5. The molecular formula is C11H19ClN2O2. The summed E-state index contributed by atoms with van der Waals surface area (Å²) in [6.07, 6.45) is 0. The third-order valence-electron chi connectivity index (χ3n) is 3.89. The second-order valence-electron chi connectivity index (χ2n) is 5.46. The Morgan fingerprint density at radius 2 is 1.62 bits per heavy atom. The first-order valence-corrected chi connectivity index (χ1v) is 5.79. The number of urea groups is 1. The maximum atomic E-state index is 11.5. The Morgan fingerprint density at radius 1 is 1.19 bits per heavy atom. The van der Waals surface area contributed by atoms with Crippen LogP contribution in [0.2, 0.25) is 0 Å². The van der Waals surface area contributed by atoms with Crippen molar-refractivity contribution >= 4 is 23.5 Å². The molecule has 3 amide bonds. The van der Waals surface area contributed by atoms with Crippen molar-refractivity contribution in [3.8, 4) is 0 Å². The Hall–Kier alpha value is -0.770. The summed E-state index contributed by atoms with van der Waals surface area (Å²) >= 11 is 5.54. The lowest BCUT2D eigenvalue weighted by atomic mass is 10.0. The topological polar surface area (TPSA) is 58.2 Å². The van der Waals surface area contributed by atoms with Gasteiger partial charge in [0.15, 0.2) is 0 Å². The summed E-state index contributed by atoms with van der Waals surface area (Å²) in [5.74, 6) is -0.476. The molecule has 0 saturated heterocycles. The average molecular weight is 247 g/mol. The van der Waals surface area contributed by atoms with Crippen LogP contribution in [0.5, 0.6) is 0 Å². The molecule has 5 heteroatoms. The van der Waals surface area contributed by atoms with Gasteiger partial charge in [-0.2, -0.15) is 0 Å². The van der Waals surface area contributed by atoms with E-state index < -0.39 is 17.3 Å². The Kier molecular flexibility index (Phi) is 3.25. The van der Waals surface area contributed by atoms with Crippen molar-refractivity contribution < 1.29 is 9.59 Å². The second-order valence-corrected chi connectivity index (χ2v) is 6.11. The van der Waals surface area contributed by atoms with E-state index in [1.807, 2.05) is 0 Å². The molecule has 4 nitrogen and oxygen atoms in total. The quantitative estimate of drug-likeness (QED) is 0.731. The molecule has 2 N–H and O–H groups in total. The average Bonchev–Trinajstić information content (AvgIpc) is 2.47. The number of rotatable bonds is 2. The van der Waals surface area contributed by atoms with Crippen LogP contribution in [0.25, 0.3) is 0 Å². The monoisotopic (exact) mass is 246 g/mol. The molecule has 0 bridgehead atoms. The lowest BCUT2D eigenvalue weighted by Gasteiger charge is -2.08. The molecule has 0 heterocycles. The number of carbonyl (C=O) groups is 2. The highest BCUT2D eigenvalue weighted by Crippen LogP contribution is 2.62. The number of nitrogens with one attached hydrogen (secondary N) is 2. The van der Waals surface area contributed by atoms with Gasteiger partial charge < -0.3 is 5.32 Å². The summed E-state index contributed by atoms with van der Waals surface area (Å²) in [4.78, 5) is 22.7. The molecule has 1 atom stereocenters. The van der Waals surface area contributed by atoms with Crippen LogP contribution >= 0.6 is 11.6 Å². The van der Waals surface area contributed by atoms with Gasteiger partial charge >= 0.3 is 6.03 Å². The van der Waals surface area contributed by atoms with Crippen molar-refractivity contribution in [3.63, 3.8) is 0 Å². The van der Waals surface area contributed by atoms with E-state index in [4.69, 9.17) is 11.6 Å². The summed E-state index contributed by atoms with van der Waals surface area (Å²) in [5.41, 5.74) is 0.111. The van der Waals surface area contributed by atoms with Gasteiger partial charge in [-0.25, -0.2) is 4.79 Å². The van der Waals surface area contributed by atoms with Gasteiger partial charge in [-0.15, -0.1) is 11.6 Å². The Labute approximate surface area is 101 Å². The van der Waals surface area contributed by atoms with Crippen molar-refractivity contribution in [2.45, 2.75) is 46.0 Å². The largest absolute Gasteiger partial charge is 0.334 e. The first-order valence-electron chi connectivity index (χ1n) is 5.36. The SMILES string of the molecule is CC(Cl)C(=O)NC(=O)NC1C(C)(C)C1(C)C. The number of halogens is 1. The molecule has 1 rings (SSSR count). The molecular weight excluding hydrogens is 228 g/mol. The zero-order chi connectivity index (χ0) is 12.7. The summed E-state index contributed by atoms with van der Waals surface area (Å²) in [6, 6.07) is -0.389. The van der Waals surface area contributed by atoms with Gasteiger partial charge in [-0.05, 0) is 17.8 Å². The van der Waals surface area contributed by atoms with Crippen LogP contribution < -0.4 is 10.6 Å². The number of hydrogen-bond acceptors (Lipinski definition) is 2. The highest BCUT2D eigenvalue weighted by molar-refractivity contribution is 6.31. The van der Waals surface area contributed by atoms with E-state index in [1.54, 1.807) is 0 Å². The lowest BCUT2D eigenvalue weighted by molar-refractivity contribution is -0.119. The molecule has 0 aromatic heterocycles. The third kappa shape index (κ3) is 2.17. The van der Waals surface area contributed by atoms with E-state index in [0.717, 1.165) is 0 Å². The van der Waals surface area contributed by atoms with Crippen LogP contribution in [-0.2, 0) is 4.79 Å². The molecule has 1 aliphatic rings. The zero-order valence-corrected chi connectivity index (χ0v) is 11.1. The molecule has 92 valence electrons. The van der Waals surface area contributed by atoms with Gasteiger partial charge in [0, 0.05) is 6.04 Å². The van der Waals surface area contributed by atoms with Gasteiger partial charge in [0.25, 0.3) is 0 Å². The highest BCUT2D eigenvalue weighted by atomic mass is 35.5. The molecule has 0 radical (unpaired) electrons. The van der Waals surface area contributed by atoms with Crippen LogP contribution in [0, 0.1) is 10.8 Å². The molecule has 0 spiro atoms. The maximum Gasteiger partial charge on any atom is 0.321 e. The standard InChI is InChI=1S/C11H19ClN2O2/c1-6(12)7(15)13-9(16)14-8-10(2,3)11(8,4)5/h6,8H,1-5H3,(H2,13,14,15,16). The van der Waals surface area contributed by atoms with E-state index >= 15 is 0 Å². The number of imide groups is 1. The van der Waals surface area contributed by atoms with Crippen molar-refractivity contribution in [3.05, 3.63) is 0 Å². The van der Waals surface area contributed by atoms with Crippen LogP contribution in [0.1, 0.15) is 34.6 Å².